The third-order valence-corrected chi connectivity index (χ3v) is 7.11. The highest BCUT2D eigenvalue weighted by molar-refractivity contribution is 6.01. The zero-order valence-corrected chi connectivity index (χ0v) is 20.5. The van der Waals surface area contributed by atoms with Crippen molar-refractivity contribution in [1.82, 2.24) is 9.47 Å². The lowest BCUT2D eigenvalue weighted by molar-refractivity contribution is -0.129. The first-order chi connectivity index (χ1) is 16.0. The summed E-state index contributed by atoms with van der Waals surface area (Å²) in [4.78, 5) is 39.8. The fraction of sp³-hybridized carbons (Fsp3) is 0.500. The van der Waals surface area contributed by atoms with Gasteiger partial charge in [-0.25, -0.2) is 0 Å². The van der Waals surface area contributed by atoms with Gasteiger partial charge >= 0.3 is 0 Å². The maximum absolute atomic E-state index is 13.2. The van der Waals surface area contributed by atoms with E-state index in [1.165, 1.54) is 0 Å². The zero-order valence-electron chi connectivity index (χ0n) is 20.5. The number of carbonyl (C=O) groups is 3. The molecule has 2 bridgehead atoms. The van der Waals surface area contributed by atoms with E-state index in [4.69, 9.17) is 11.5 Å². The van der Waals surface area contributed by atoms with Gasteiger partial charge in [-0.05, 0) is 55.9 Å². The Labute approximate surface area is 200 Å². The Morgan fingerprint density at radius 1 is 1.18 bits per heavy atom. The summed E-state index contributed by atoms with van der Waals surface area (Å²) < 4.78 is 2.16. The number of nitrogens with one attached hydrogen (secondary N) is 1. The second-order valence-corrected chi connectivity index (χ2v) is 10.4. The van der Waals surface area contributed by atoms with Gasteiger partial charge in [0.15, 0.2) is 5.78 Å². The van der Waals surface area contributed by atoms with Gasteiger partial charge in [0.2, 0.25) is 5.91 Å². The predicted octanol–water partition coefficient (Wildman–Crippen LogP) is 2.57. The topological polar surface area (TPSA) is 123 Å². The van der Waals surface area contributed by atoms with Gasteiger partial charge in [-0.3, -0.25) is 14.4 Å². The summed E-state index contributed by atoms with van der Waals surface area (Å²) in [5, 5.41) is 3.42. The van der Waals surface area contributed by atoms with E-state index in [0.29, 0.717) is 43.6 Å². The van der Waals surface area contributed by atoms with E-state index in [-0.39, 0.29) is 29.7 Å². The summed E-state index contributed by atoms with van der Waals surface area (Å²) in [5.74, 6) is -0.447. The van der Waals surface area contributed by atoms with Gasteiger partial charge in [-0.1, -0.05) is 13.8 Å². The molecule has 0 fully saturated rings. The summed E-state index contributed by atoms with van der Waals surface area (Å²) in [6.45, 7) is 9.27. The molecule has 2 amide bonds. The molecule has 1 aromatic carbocycles. The lowest BCUT2D eigenvalue weighted by Crippen LogP contribution is -2.40. The van der Waals surface area contributed by atoms with E-state index in [9.17, 15) is 14.4 Å². The minimum atomic E-state index is -0.504. The number of primary amides is 1. The van der Waals surface area contributed by atoms with Crippen LogP contribution in [0.4, 0.5) is 5.69 Å². The van der Waals surface area contributed by atoms with Crippen LogP contribution < -0.4 is 16.8 Å². The van der Waals surface area contributed by atoms with Gasteiger partial charge in [0.05, 0.1) is 12.1 Å². The maximum atomic E-state index is 13.2. The van der Waals surface area contributed by atoms with Crippen LogP contribution >= 0.6 is 0 Å². The average Bonchev–Trinajstić information content (AvgIpc) is 3.02. The zero-order chi connectivity index (χ0) is 24.8. The van der Waals surface area contributed by atoms with E-state index in [1.807, 2.05) is 26.0 Å². The number of fused-ring (bicyclic) bond motifs is 6. The van der Waals surface area contributed by atoms with E-state index in [1.54, 1.807) is 11.0 Å². The number of nitrogens with two attached hydrogens (primary N) is 2. The van der Waals surface area contributed by atoms with Crippen LogP contribution in [-0.2, 0) is 17.6 Å². The van der Waals surface area contributed by atoms with Crippen molar-refractivity contribution in [2.45, 2.75) is 59.4 Å². The van der Waals surface area contributed by atoms with Crippen molar-refractivity contribution in [2.24, 2.45) is 16.9 Å². The molecule has 1 aliphatic heterocycles. The van der Waals surface area contributed by atoms with Gasteiger partial charge in [0.25, 0.3) is 5.91 Å². The molecular weight excluding hydrogens is 430 g/mol. The Hall–Kier alpha value is -3.13. The van der Waals surface area contributed by atoms with Crippen molar-refractivity contribution in [3.63, 3.8) is 0 Å². The Bertz CT molecular complexity index is 1160. The normalized spacial score (nSPS) is 19.9. The molecule has 8 heteroatoms. The van der Waals surface area contributed by atoms with Crippen LogP contribution in [0, 0.1) is 12.3 Å². The van der Waals surface area contributed by atoms with E-state index >= 15 is 0 Å². The lowest BCUT2D eigenvalue weighted by atomic mass is 9.75. The minimum Gasteiger partial charge on any atom is -0.382 e. The number of Topliss-reactive ketones (excluding diaryl/α,β-unsaturated/α-hetero) is 1. The van der Waals surface area contributed by atoms with Crippen molar-refractivity contribution in [2.75, 3.05) is 25.0 Å². The first-order valence-corrected chi connectivity index (χ1v) is 12.0. The summed E-state index contributed by atoms with van der Waals surface area (Å²) in [6, 6.07) is 5.60. The number of anilines is 1. The van der Waals surface area contributed by atoms with E-state index in [2.05, 4.69) is 23.7 Å². The van der Waals surface area contributed by atoms with Gasteiger partial charge < -0.3 is 26.3 Å². The molecule has 1 atom stereocenters. The van der Waals surface area contributed by atoms with Gasteiger partial charge in [0, 0.05) is 60.3 Å². The molecule has 1 aromatic heterocycles. The number of carbonyl (C=O) groups excluding carboxylic acids is 3. The van der Waals surface area contributed by atoms with Crippen LogP contribution in [-0.4, -0.2) is 52.7 Å². The molecule has 0 saturated heterocycles. The number of ketones is 1. The quantitative estimate of drug-likeness (QED) is 0.629. The van der Waals surface area contributed by atoms with Gasteiger partial charge in [-0.15, -0.1) is 0 Å². The first-order valence-electron chi connectivity index (χ1n) is 12.0. The molecule has 0 spiro atoms. The van der Waals surface area contributed by atoms with Gasteiger partial charge in [0.1, 0.15) is 0 Å². The molecule has 2 aromatic rings. The second kappa shape index (κ2) is 8.91. The number of nitrogens with zero attached hydrogens (tertiary/aromatic N) is 2. The van der Waals surface area contributed by atoms with Crippen LogP contribution in [0.15, 0.2) is 18.2 Å². The summed E-state index contributed by atoms with van der Waals surface area (Å²) in [6.07, 6.45) is 2.56. The Balaban J connectivity index is 1.95. The van der Waals surface area contributed by atoms with Gasteiger partial charge in [-0.2, -0.15) is 0 Å². The maximum Gasteiger partial charge on any atom is 0.250 e. The standard InChI is InChI=1S/C26H35N5O3/c1-15-7-9-30(23(33)14-27)10-8-20-16(2)24-21(12-26(3,4)13-22(24)32)31(20)17-5-6-18(25(28)34)19(11-17)29-15/h5-6,11,15,29H,7-10,12-14,27H2,1-4H3,(H2,28,34)/t15-/m0/s1. The van der Waals surface area contributed by atoms with Crippen molar-refractivity contribution >= 4 is 23.3 Å². The number of rotatable bonds is 2. The minimum absolute atomic E-state index is 0.00106. The van der Waals surface area contributed by atoms with Crippen molar-refractivity contribution in [3.8, 4) is 5.69 Å². The van der Waals surface area contributed by atoms with Crippen molar-refractivity contribution < 1.29 is 14.4 Å². The molecule has 182 valence electrons. The van der Waals surface area contributed by atoms with E-state index < -0.39 is 5.91 Å². The molecule has 0 unspecified atom stereocenters. The summed E-state index contributed by atoms with van der Waals surface area (Å²) >= 11 is 0. The number of hydrogen-bond donors (Lipinski definition) is 3. The smallest absolute Gasteiger partial charge is 0.250 e. The molecule has 34 heavy (non-hydrogen) atoms. The highest BCUT2D eigenvalue weighted by Crippen LogP contribution is 2.40. The van der Waals surface area contributed by atoms with Crippen LogP contribution in [0.2, 0.25) is 0 Å². The monoisotopic (exact) mass is 465 g/mol. The third-order valence-electron chi connectivity index (χ3n) is 7.11. The number of hydrogen-bond acceptors (Lipinski definition) is 5. The SMILES string of the molecule is Cc1c2c(n3c1CCN(C(=O)CN)CC[C@H](C)Nc1cc-3ccc1C(N)=O)CC(C)(C)CC2=O. The summed E-state index contributed by atoms with van der Waals surface area (Å²) in [7, 11) is 0. The molecule has 2 aliphatic rings. The predicted molar refractivity (Wildman–Crippen MR) is 132 cm³/mol. The average molecular weight is 466 g/mol. The Morgan fingerprint density at radius 2 is 1.91 bits per heavy atom. The van der Waals surface area contributed by atoms with Crippen LogP contribution in [0.5, 0.6) is 0 Å². The largest absolute Gasteiger partial charge is 0.382 e. The third kappa shape index (κ3) is 4.34. The lowest BCUT2D eigenvalue weighted by Gasteiger charge is -2.30. The van der Waals surface area contributed by atoms with E-state index in [0.717, 1.165) is 34.6 Å². The Morgan fingerprint density at radius 3 is 2.59 bits per heavy atom. The fourth-order valence-electron chi connectivity index (χ4n) is 5.41. The number of aromatic nitrogens is 1. The number of amides is 2. The molecular formula is C26H35N5O3. The summed E-state index contributed by atoms with van der Waals surface area (Å²) in [5.41, 5.74) is 16.9. The molecule has 0 radical (unpaired) electrons. The van der Waals surface area contributed by atoms with Crippen LogP contribution in [0.3, 0.4) is 0 Å². The fourth-order valence-corrected chi connectivity index (χ4v) is 5.41. The number of benzene rings is 1. The van der Waals surface area contributed by atoms with Crippen molar-refractivity contribution in [3.05, 3.63) is 46.3 Å². The Kier molecular flexibility index (Phi) is 6.29. The second-order valence-electron chi connectivity index (χ2n) is 10.4. The molecule has 4 rings (SSSR count). The molecule has 2 heterocycles. The highest BCUT2D eigenvalue weighted by atomic mass is 16.2. The first kappa shape index (κ1) is 24.0. The van der Waals surface area contributed by atoms with Crippen LogP contribution in [0.1, 0.15) is 71.3 Å². The molecule has 0 saturated carbocycles. The molecule has 5 N–H and O–H groups in total. The molecule has 8 nitrogen and oxygen atoms in total. The van der Waals surface area contributed by atoms with Crippen molar-refractivity contribution in [1.29, 1.82) is 0 Å². The highest BCUT2D eigenvalue weighted by Gasteiger charge is 2.37. The van der Waals surface area contributed by atoms with Crippen LogP contribution in [0.25, 0.3) is 5.69 Å². The molecule has 1 aliphatic carbocycles.